The topological polar surface area (TPSA) is 52.3 Å². The van der Waals surface area contributed by atoms with Crippen molar-refractivity contribution in [3.63, 3.8) is 0 Å². The summed E-state index contributed by atoms with van der Waals surface area (Å²) in [6.07, 6.45) is 1.68. The fourth-order valence-corrected chi connectivity index (χ4v) is 2.64. The Morgan fingerprint density at radius 2 is 1.81 bits per heavy atom. The number of hydrogen-bond acceptors (Lipinski definition) is 3. The van der Waals surface area contributed by atoms with Gasteiger partial charge in [0.25, 0.3) is 0 Å². The number of rotatable bonds is 1. The molecule has 3 nitrogen and oxygen atoms in total. The first-order valence-corrected chi connectivity index (χ1v) is 5.95. The number of carbonyl (C=O) groups is 1. The molecule has 2 unspecified atom stereocenters. The predicted molar refractivity (Wildman–Crippen MR) is 64.9 cm³/mol. The van der Waals surface area contributed by atoms with E-state index < -0.39 is 11.0 Å². The normalized spacial score (nSPS) is 33.8. The lowest BCUT2D eigenvalue weighted by atomic mass is 9.82. The van der Waals surface area contributed by atoms with E-state index in [1.54, 1.807) is 0 Å². The molecule has 16 heavy (non-hydrogen) atoms. The maximum absolute atomic E-state index is 12.2. The molecule has 0 radical (unpaired) electrons. The van der Waals surface area contributed by atoms with Gasteiger partial charge in [0.1, 0.15) is 5.60 Å². The van der Waals surface area contributed by atoms with Crippen molar-refractivity contribution in [3.8, 4) is 0 Å². The van der Waals surface area contributed by atoms with Crippen LogP contribution in [0.5, 0.6) is 0 Å². The Morgan fingerprint density at radius 3 is 2.12 bits per heavy atom. The van der Waals surface area contributed by atoms with Crippen LogP contribution in [0.1, 0.15) is 54.4 Å². The maximum atomic E-state index is 12.2. The van der Waals surface area contributed by atoms with Gasteiger partial charge in [-0.05, 0) is 46.0 Å². The lowest BCUT2D eigenvalue weighted by Gasteiger charge is -2.31. The lowest BCUT2D eigenvalue weighted by Crippen LogP contribution is -2.44. The number of nitrogens with two attached hydrogens (primary N) is 1. The summed E-state index contributed by atoms with van der Waals surface area (Å²) in [4.78, 5) is 12.2. The number of ether oxygens (including phenoxy) is 1. The van der Waals surface area contributed by atoms with Crippen LogP contribution in [0.25, 0.3) is 0 Å². The molecule has 1 aliphatic carbocycles. The summed E-state index contributed by atoms with van der Waals surface area (Å²) in [5.41, 5.74) is 5.27. The van der Waals surface area contributed by atoms with Crippen LogP contribution in [0.4, 0.5) is 0 Å². The van der Waals surface area contributed by atoms with E-state index >= 15 is 0 Å². The molecule has 3 heteroatoms. The Labute approximate surface area is 98.7 Å². The van der Waals surface area contributed by atoms with Crippen molar-refractivity contribution in [1.82, 2.24) is 0 Å². The molecular formula is C13H25NO2. The first kappa shape index (κ1) is 13.5. The third-order valence-corrected chi connectivity index (χ3v) is 3.30. The van der Waals surface area contributed by atoms with Gasteiger partial charge in [-0.3, -0.25) is 4.79 Å². The Kier molecular flexibility index (Phi) is 3.14. The van der Waals surface area contributed by atoms with Crippen LogP contribution < -0.4 is 5.73 Å². The van der Waals surface area contributed by atoms with E-state index in [-0.39, 0.29) is 17.4 Å². The molecule has 2 atom stereocenters. The van der Waals surface area contributed by atoms with Gasteiger partial charge in [-0.2, -0.15) is 0 Å². The highest BCUT2D eigenvalue weighted by Gasteiger charge is 2.52. The average Bonchev–Trinajstić information content (AvgIpc) is 2.18. The van der Waals surface area contributed by atoms with E-state index in [1.807, 2.05) is 27.7 Å². The van der Waals surface area contributed by atoms with E-state index in [0.29, 0.717) is 0 Å². The fraction of sp³-hybridized carbons (Fsp3) is 0.923. The minimum absolute atomic E-state index is 0.0997. The summed E-state index contributed by atoms with van der Waals surface area (Å²) < 4.78 is 5.47. The smallest absolute Gasteiger partial charge is 0.313 e. The van der Waals surface area contributed by atoms with Gasteiger partial charge in [0.15, 0.2) is 0 Å². The van der Waals surface area contributed by atoms with E-state index in [9.17, 15) is 4.79 Å². The molecule has 0 aromatic rings. The molecule has 0 bridgehead atoms. The second-order valence-corrected chi connectivity index (χ2v) is 7.07. The van der Waals surface area contributed by atoms with Gasteiger partial charge >= 0.3 is 5.97 Å². The Balaban J connectivity index is 2.83. The number of hydrogen-bond donors (Lipinski definition) is 1. The molecule has 0 spiro atoms. The number of esters is 1. The summed E-state index contributed by atoms with van der Waals surface area (Å²) in [5, 5.41) is 0. The SMILES string of the molecule is CC1(C)CC(N)C(C)(C(=O)OC(C)(C)C)C1. The Morgan fingerprint density at radius 1 is 1.31 bits per heavy atom. The highest BCUT2D eigenvalue weighted by molar-refractivity contribution is 5.78. The molecule has 0 heterocycles. The van der Waals surface area contributed by atoms with Crippen LogP contribution >= 0.6 is 0 Å². The van der Waals surface area contributed by atoms with Crippen molar-refractivity contribution < 1.29 is 9.53 Å². The second kappa shape index (κ2) is 3.73. The summed E-state index contributed by atoms with van der Waals surface area (Å²) >= 11 is 0. The predicted octanol–water partition coefficient (Wildman–Crippen LogP) is 2.48. The minimum atomic E-state index is -0.531. The van der Waals surface area contributed by atoms with Gasteiger partial charge < -0.3 is 10.5 Å². The molecule has 1 aliphatic rings. The molecule has 0 amide bonds. The van der Waals surface area contributed by atoms with Crippen molar-refractivity contribution in [2.45, 2.75) is 66.0 Å². The second-order valence-electron chi connectivity index (χ2n) is 7.07. The van der Waals surface area contributed by atoms with E-state index in [0.717, 1.165) is 12.8 Å². The molecule has 2 N–H and O–H groups in total. The van der Waals surface area contributed by atoms with Crippen LogP contribution in [0, 0.1) is 10.8 Å². The Bertz CT molecular complexity index is 291. The monoisotopic (exact) mass is 227 g/mol. The minimum Gasteiger partial charge on any atom is -0.460 e. The van der Waals surface area contributed by atoms with Crippen LogP contribution in [-0.4, -0.2) is 17.6 Å². The summed E-state index contributed by atoms with van der Waals surface area (Å²) in [6.45, 7) is 11.9. The summed E-state index contributed by atoms with van der Waals surface area (Å²) in [7, 11) is 0. The molecule has 0 saturated heterocycles. The molecule has 1 fully saturated rings. The van der Waals surface area contributed by atoms with Gasteiger partial charge in [0.05, 0.1) is 5.41 Å². The quantitative estimate of drug-likeness (QED) is 0.700. The summed E-state index contributed by atoms with van der Waals surface area (Å²) in [5.74, 6) is -0.155. The van der Waals surface area contributed by atoms with Crippen LogP contribution in [0.2, 0.25) is 0 Å². The first-order valence-electron chi connectivity index (χ1n) is 5.95. The third-order valence-electron chi connectivity index (χ3n) is 3.30. The van der Waals surface area contributed by atoms with Crippen molar-refractivity contribution in [1.29, 1.82) is 0 Å². The molecule has 94 valence electrons. The first-order chi connectivity index (χ1) is 6.96. The third kappa shape index (κ3) is 2.76. The lowest BCUT2D eigenvalue weighted by molar-refractivity contribution is -0.167. The van der Waals surface area contributed by atoms with Gasteiger partial charge in [-0.15, -0.1) is 0 Å². The van der Waals surface area contributed by atoms with Gasteiger partial charge in [0.2, 0.25) is 0 Å². The largest absolute Gasteiger partial charge is 0.460 e. The van der Waals surface area contributed by atoms with E-state index in [2.05, 4.69) is 13.8 Å². The van der Waals surface area contributed by atoms with E-state index in [1.165, 1.54) is 0 Å². The molecule has 1 saturated carbocycles. The molecule has 0 aliphatic heterocycles. The highest BCUT2D eigenvalue weighted by atomic mass is 16.6. The van der Waals surface area contributed by atoms with Gasteiger partial charge in [-0.25, -0.2) is 0 Å². The molecule has 0 aromatic carbocycles. The van der Waals surface area contributed by atoms with Crippen LogP contribution in [0.15, 0.2) is 0 Å². The highest BCUT2D eigenvalue weighted by Crippen LogP contribution is 2.49. The number of carbonyl (C=O) groups excluding carboxylic acids is 1. The zero-order valence-corrected chi connectivity index (χ0v) is 11.4. The van der Waals surface area contributed by atoms with Crippen molar-refractivity contribution in [2.75, 3.05) is 0 Å². The van der Waals surface area contributed by atoms with Crippen LogP contribution in [0.3, 0.4) is 0 Å². The van der Waals surface area contributed by atoms with Crippen LogP contribution in [-0.2, 0) is 9.53 Å². The molecule has 1 rings (SSSR count). The average molecular weight is 227 g/mol. The zero-order chi connectivity index (χ0) is 12.8. The van der Waals surface area contributed by atoms with Crippen molar-refractivity contribution >= 4 is 5.97 Å². The zero-order valence-electron chi connectivity index (χ0n) is 11.4. The van der Waals surface area contributed by atoms with E-state index in [4.69, 9.17) is 10.5 Å². The van der Waals surface area contributed by atoms with Crippen molar-refractivity contribution in [2.24, 2.45) is 16.6 Å². The Hall–Kier alpha value is -0.570. The molecule has 0 aromatic heterocycles. The van der Waals surface area contributed by atoms with Gasteiger partial charge in [0, 0.05) is 6.04 Å². The standard InChI is InChI=1S/C13H25NO2/c1-11(2,3)16-10(15)13(6)8-12(4,5)7-9(13)14/h9H,7-8,14H2,1-6H3. The molecular weight excluding hydrogens is 202 g/mol. The van der Waals surface area contributed by atoms with Gasteiger partial charge in [-0.1, -0.05) is 13.8 Å². The van der Waals surface area contributed by atoms with Crippen molar-refractivity contribution in [3.05, 3.63) is 0 Å². The fourth-order valence-electron chi connectivity index (χ4n) is 2.64. The maximum Gasteiger partial charge on any atom is 0.313 e. The summed E-state index contributed by atoms with van der Waals surface area (Å²) in [6, 6.07) is -0.0997.